The predicted molar refractivity (Wildman–Crippen MR) is 54.7 cm³/mol. The molecule has 14 heavy (non-hydrogen) atoms. The number of ether oxygens (including phenoxy) is 1. The summed E-state index contributed by atoms with van der Waals surface area (Å²) < 4.78 is 5.45. The molecule has 1 aromatic rings. The van der Waals surface area contributed by atoms with Crippen molar-refractivity contribution in [1.82, 2.24) is 4.98 Å². The van der Waals surface area contributed by atoms with Gasteiger partial charge in [0.2, 0.25) is 0 Å². The van der Waals surface area contributed by atoms with Gasteiger partial charge >= 0.3 is 0 Å². The zero-order valence-corrected chi connectivity index (χ0v) is 8.78. The van der Waals surface area contributed by atoms with E-state index in [-0.39, 0.29) is 0 Å². The smallest absolute Gasteiger partial charge is 0.172 e. The molecule has 0 saturated carbocycles. The number of rotatable bonds is 4. The van der Waals surface area contributed by atoms with Crippen LogP contribution in [0.4, 0.5) is 0 Å². The highest BCUT2D eigenvalue weighted by Gasteiger charge is 2.05. The normalized spacial score (nSPS) is 10.3. The highest BCUT2D eigenvalue weighted by atomic mass is 16.5. The second kappa shape index (κ2) is 4.74. The molecule has 0 unspecified atom stereocenters. The van der Waals surface area contributed by atoms with Crippen LogP contribution in [0, 0.1) is 12.8 Å². The van der Waals surface area contributed by atoms with Gasteiger partial charge in [-0.05, 0) is 25.0 Å². The fraction of sp³-hybridized carbons (Fsp3) is 0.455. The molecular formula is C11H15NO2. The van der Waals surface area contributed by atoms with Crippen molar-refractivity contribution in [3.05, 3.63) is 23.5 Å². The molecule has 0 aliphatic rings. The molecule has 3 nitrogen and oxygen atoms in total. The van der Waals surface area contributed by atoms with Crippen molar-refractivity contribution < 1.29 is 9.53 Å². The summed E-state index contributed by atoms with van der Waals surface area (Å²) in [5, 5.41) is 0. The minimum atomic E-state index is 0.380. The third-order valence-corrected chi connectivity index (χ3v) is 1.71. The molecule has 76 valence electrons. The van der Waals surface area contributed by atoms with E-state index >= 15 is 0 Å². The Hall–Kier alpha value is -1.38. The predicted octanol–water partition coefficient (Wildman–Crippen LogP) is 2.24. The second-order valence-corrected chi connectivity index (χ2v) is 3.66. The minimum Gasteiger partial charge on any atom is -0.491 e. The molecule has 0 radical (unpaired) electrons. The number of nitrogens with zero attached hydrogens (tertiary/aromatic N) is 1. The summed E-state index contributed by atoms with van der Waals surface area (Å²) in [6.07, 6.45) is 0.725. The molecule has 0 fully saturated rings. The number of aromatic nitrogens is 1. The van der Waals surface area contributed by atoms with Gasteiger partial charge in [0.15, 0.2) is 6.29 Å². The van der Waals surface area contributed by atoms with E-state index in [0.29, 0.717) is 24.0 Å². The number of aldehydes is 1. The maximum absolute atomic E-state index is 10.7. The summed E-state index contributed by atoms with van der Waals surface area (Å²) in [5.41, 5.74) is 1.20. The highest BCUT2D eigenvalue weighted by Crippen LogP contribution is 2.15. The first-order valence-electron chi connectivity index (χ1n) is 4.69. The van der Waals surface area contributed by atoms with Crippen LogP contribution in [-0.2, 0) is 0 Å². The minimum absolute atomic E-state index is 0.380. The van der Waals surface area contributed by atoms with Gasteiger partial charge < -0.3 is 4.74 Å². The van der Waals surface area contributed by atoms with Crippen LogP contribution in [0.5, 0.6) is 5.75 Å². The Labute approximate surface area is 84.1 Å². The van der Waals surface area contributed by atoms with E-state index in [2.05, 4.69) is 18.8 Å². The van der Waals surface area contributed by atoms with Gasteiger partial charge in [0.25, 0.3) is 0 Å². The summed E-state index contributed by atoms with van der Waals surface area (Å²) in [6.45, 7) is 6.56. The van der Waals surface area contributed by atoms with Gasteiger partial charge in [-0.3, -0.25) is 4.79 Å². The topological polar surface area (TPSA) is 39.2 Å². The molecule has 0 N–H and O–H groups in total. The molecule has 0 aliphatic carbocycles. The van der Waals surface area contributed by atoms with Gasteiger partial charge in [-0.15, -0.1) is 0 Å². The van der Waals surface area contributed by atoms with Crippen LogP contribution in [-0.4, -0.2) is 17.9 Å². The van der Waals surface area contributed by atoms with Crippen molar-refractivity contribution in [3.8, 4) is 5.75 Å². The lowest BCUT2D eigenvalue weighted by molar-refractivity contribution is 0.111. The average Bonchev–Trinajstić information content (AvgIpc) is 2.15. The third kappa shape index (κ3) is 2.83. The molecular weight excluding hydrogens is 178 g/mol. The van der Waals surface area contributed by atoms with Gasteiger partial charge in [-0.1, -0.05) is 13.8 Å². The molecule has 0 aromatic carbocycles. The molecule has 0 atom stereocenters. The number of aryl methyl sites for hydroxylation is 1. The Morgan fingerprint density at radius 2 is 2.21 bits per heavy atom. The van der Waals surface area contributed by atoms with E-state index in [0.717, 1.165) is 12.0 Å². The quantitative estimate of drug-likeness (QED) is 0.688. The lowest BCUT2D eigenvalue weighted by Crippen LogP contribution is -2.07. The molecule has 0 spiro atoms. The van der Waals surface area contributed by atoms with Crippen molar-refractivity contribution >= 4 is 6.29 Å². The average molecular weight is 193 g/mol. The van der Waals surface area contributed by atoms with Crippen LogP contribution < -0.4 is 4.74 Å². The Morgan fingerprint density at radius 3 is 2.79 bits per heavy atom. The maximum atomic E-state index is 10.7. The van der Waals surface area contributed by atoms with E-state index in [1.807, 2.05) is 13.0 Å². The lowest BCUT2D eigenvalue weighted by atomic mass is 10.2. The molecule has 1 heterocycles. The summed E-state index contributed by atoms with van der Waals surface area (Å²) in [6, 6.07) is 3.62. The van der Waals surface area contributed by atoms with E-state index < -0.39 is 0 Å². The number of hydrogen-bond acceptors (Lipinski definition) is 3. The van der Waals surface area contributed by atoms with Crippen molar-refractivity contribution in [2.45, 2.75) is 20.8 Å². The van der Waals surface area contributed by atoms with Crippen LogP contribution in [0.15, 0.2) is 12.1 Å². The van der Waals surface area contributed by atoms with Gasteiger partial charge in [0, 0.05) is 5.69 Å². The zero-order valence-electron chi connectivity index (χ0n) is 8.78. The van der Waals surface area contributed by atoms with Crippen molar-refractivity contribution in [2.75, 3.05) is 6.61 Å². The Morgan fingerprint density at radius 1 is 1.50 bits per heavy atom. The fourth-order valence-corrected chi connectivity index (χ4v) is 1.03. The molecule has 0 saturated heterocycles. The van der Waals surface area contributed by atoms with Gasteiger partial charge in [0.1, 0.15) is 11.4 Å². The fourth-order valence-electron chi connectivity index (χ4n) is 1.03. The Bertz CT molecular complexity index is 321. The van der Waals surface area contributed by atoms with Crippen molar-refractivity contribution in [3.63, 3.8) is 0 Å². The van der Waals surface area contributed by atoms with Crippen molar-refractivity contribution in [1.29, 1.82) is 0 Å². The van der Waals surface area contributed by atoms with Crippen LogP contribution in [0.2, 0.25) is 0 Å². The Balaban J connectivity index is 2.80. The van der Waals surface area contributed by atoms with Crippen LogP contribution >= 0.6 is 0 Å². The van der Waals surface area contributed by atoms with E-state index in [4.69, 9.17) is 4.74 Å². The standard InChI is InChI=1S/C11H15NO2/c1-8(2)7-14-11-5-4-9(3)12-10(11)6-13/h4-6,8H,7H2,1-3H3. The first-order chi connectivity index (χ1) is 6.63. The molecule has 1 aromatic heterocycles. The lowest BCUT2D eigenvalue weighted by Gasteiger charge is -2.09. The number of carbonyl (C=O) groups is 1. The first-order valence-corrected chi connectivity index (χ1v) is 4.69. The van der Waals surface area contributed by atoms with Gasteiger partial charge in [-0.2, -0.15) is 0 Å². The van der Waals surface area contributed by atoms with E-state index in [1.54, 1.807) is 6.07 Å². The SMILES string of the molecule is Cc1ccc(OCC(C)C)c(C=O)n1. The maximum Gasteiger partial charge on any atom is 0.172 e. The molecule has 0 amide bonds. The van der Waals surface area contributed by atoms with E-state index in [1.165, 1.54) is 0 Å². The third-order valence-electron chi connectivity index (χ3n) is 1.71. The summed E-state index contributed by atoms with van der Waals surface area (Å²) in [5.74, 6) is 1.01. The number of pyridine rings is 1. The van der Waals surface area contributed by atoms with Gasteiger partial charge in [-0.25, -0.2) is 4.98 Å². The molecule has 0 aliphatic heterocycles. The number of hydrogen-bond donors (Lipinski definition) is 0. The van der Waals surface area contributed by atoms with Crippen LogP contribution in [0.3, 0.4) is 0 Å². The van der Waals surface area contributed by atoms with Crippen molar-refractivity contribution in [2.24, 2.45) is 5.92 Å². The molecule has 1 rings (SSSR count). The Kier molecular flexibility index (Phi) is 3.63. The summed E-state index contributed by atoms with van der Waals surface area (Å²) in [4.78, 5) is 14.8. The molecule has 3 heteroatoms. The second-order valence-electron chi connectivity index (χ2n) is 3.66. The zero-order chi connectivity index (χ0) is 10.6. The summed E-state index contributed by atoms with van der Waals surface area (Å²) >= 11 is 0. The van der Waals surface area contributed by atoms with Crippen LogP contribution in [0.1, 0.15) is 30.0 Å². The largest absolute Gasteiger partial charge is 0.491 e. The monoisotopic (exact) mass is 193 g/mol. The van der Waals surface area contributed by atoms with Crippen LogP contribution in [0.25, 0.3) is 0 Å². The highest BCUT2D eigenvalue weighted by molar-refractivity contribution is 5.76. The first kappa shape index (κ1) is 10.7. The summed E-state index contributed by atoms with van der Waals surface area (Å²) in [7, 11) is 0. The molecule has 0 bridgehead atoms. The number of carbonyl (C=O) groups excluding carboxylic acids is 1. The van der Waals surface area contributed by atoms with Gasteiger partial charge in [0.05, 0.1) is 6.61 Å². The van der Waals surface area contributed by atoms with E-state index in [9.17, 15) is 4.79 Å².